The van der Waals surface area contributed by atoms with Crippen LogP contribution in [0.2, 0.25) is 0 Å². The highest BCUT2D eigenvalue weighted by Crippen LogP contribution is 2.21. The van der Waals surface area contributed by atoms with Crippen molar-refractivity contribution in [1.29, 1.82) is 0 Å². The molecular weight excluding hydrogens is 318 g/mol. The number of carbonyl (C=O) groups is 1. The fourth-order valence-electron chi connectivity index (χ4n) is 1.60. The van der Waals surface area contributed by atoms with Crippen molar-refractivity contribution in [2.45, 2.75) is 23.5 Å². The molecule has 1 rings (SSSR count). The summed E-state index contributed by atoms with van der Waals surface area (Å²) in [7, 11) is -3.92. The lowest BCUT2D eigenvalue weighted by molar-refractivity contribution is -0.135. The third-order valence-corrected chi connectivity index (χ3v) is 4.41. The molecule has 0 heterocycles. The van der Waals surface area contributed by atoms with E-state index in [0.717, 1.165) is 0 Å². The van der Waals surface area contributed by atoms with Gasteiger partial charge in [0.25, 0.3) is 0 Å². The largest absolute Gasteiger partial charge is 0.480 e. The van der Waals surface area contributed by atoms with Gasteiger partial charge < -0.3 is 15.3 Å². The van der Waals surface area contributed by atoms with Crippen LogP contribution in [0.15, 0.2) is 29.2 Å². The number of sulfonamides is 1. The van der Waals surface area contributed by atoms with E-state index in [9.17, 15) is 23.4 Å². The van der Waals surface area contributed by atoms with Crippen molar-refractivity contribution in [1.82, 2.24) is 4.72 Å². The Morgan fingerprint density at radius 1 is 1.24 bits per heavy atom. The average molecular weight is 335 g/mol. The monoisotopic (exact) mass is 335 g/mol. The molecule has 0 amide bonds. The maximum Gasteiger partial charge on any atom is 0.318 e. The van der Waals surface area contributed by atoms with E-state index in [4.69, 9.17) is 5.11 Å². The molecule has 21 heavy (non-hydrogen) atoms. The van der Waals surface area contributed by atoms with Gasteiger partial charge in [0.2, 0.25) is 10.0 Å². The van der Waals surface area contributed by atoms with Crippen LogP contribution >= 0.6 is 12.6 Å². The van der Waals surface area contributed by atoms with Gasteiger partial charge in [-0.15, -0.1) is 0 Å². The topological polar surface area (TPSA) is 124 Å². The first-order valence-corrected chi connectivity index (χ1v) is 8.18. The Kier molecular flexibility index (Phi) is 6.62. The van der Waals surface area contributed by atoms with Crippen LogP contribution in [-0.2, 0) is 14.8 Å². The number of aliphatic hydroxyl groups is 2. The van der Waals surface area contributed by atoms with E-state index >= 15 is 0 Å². The van der Waals surface area contributed by atoms with Crippen LogP contribution in [0.25, 0.3) is 0 Å². The Labute approximate surface area is 128 Å². The summed E-state index contributed by atoms with van der Waals surface area (Å²) in [6.45, 7) is -0.715. The molecule has 1 aromatic carbocycles. The second-order valence-electron chi connectivity index (χ2n) is 4.31. The fraction of sp³-hybridized carbons (Fsp3) is 0.417. The van der Waals surface area contributed by atoms with E-state index in [0.29, 0.717) is 17.7 Å². The molecule has 0 aromatic heterocycles. The summed E-state index contributed by atoms with van der Waals surface area (Å²) in [6.07, 6.45) is -1.83. The summed E-state index contributed by atoms with van der Waals surface area (Å²) in [4.78, 5) is 10.2. The smallest absolute Gasteiger partial charge is 0.318 e. The lowest BCUT2D eigenvalue weighted by Crippen LogP contribution is -2.29. The minimum absolute atomic E-state index is 0.122. The molecule has 4 N–H and O–H groups in total. The molecule has 7 nitrogen and oxygen atoms in total. The highest BCUT2D eigenvalue weighted by atomic mass is 32.2. The van der Waals surface area contributed by atoms with E-state index in [1.165, 1.54) is 24.3 Å². The normalized spacial score (nSPS) is 14.6. The molecule has 2 atom stereocenters. The van der Waals surface area contributed by atoms with Crippen LogP contribution in [-0.4, -0.2) is 48.1 Å². The van der Waals surface area contributed by atoms with Gasteiger partial charge in [-0.1, -0.05) is 12.1 Å². The zero-order chi connectivity index (χ0) is 16.0. The SMILES string of the molecule is O=C(O)CNS(=O)(=O)c1ccc(C(O)C(O)CCS)cc1. The summed E-state index contributed by atoms with van der Waals surface area (Å²) in [5.41, 5.74) is 0.362. The van der Waals surface area contributed by atoms with Gasteiger partial charge in [0, 0.05) is 0 Å². The highest BCUT2D eigenvalue weighted by Gasteiger charge is 2.19. The van der Waals surface area contributed by atoms with E-state index in [-0.39, 0.29) is 4.90 Å². The summed E-state index contributed by atoms with van der Waals surface area (Å²) in [5.74, 6) is -0.885. The molecule has 9 heteroatoms. The number of carboxylic acids is 1. The van der Waals surface area contributed by atoms with Crippen LogP contribution in [0.1, 0.15) is 18.1 Å². The minimum atomic E-state index is -3.92. The molecule has 0 radical (unpaired) electrons. The average Bonchev–Trinajstić information content (AvgIpc) is 2.45. The molecule has 118 valence electrons. The first-order valence-electron chi connectivity index (χ1n) is 6.06. The summed E-state index contributed by atoms with van der Waals surface area (Å²) < 4.78 is 25.4. The number of hydrogen-bond donors (Lipinski definition) is 5. The number of nitrogens with one attached hydrogen (secondary N) is 1. The molecular formula is C12H17NO6S2. The van der Waals surface area contributed by atoms with E-state index in [1.54, 1.807) is 0 Å². The van der Waals surface area contributed by atoms with Gasteiger partial charge in [-0.3, -0.25) is 4.79 Å². The molecule has 0 spiro atoms. The lowest BCUT2D eigenvalue weighted by Gasteiger charge is -2.17. The van der Waals surface area contributed by atoms with E-state index < -0.39 is 34.7 Å². The second-order valence-corrected chi connectivity index (χ2v) is 6.53. The van der Waals surface area contributed by atoms with Crippen molar-refractivity contribution in [3.8, 4) is 0 Å². The Hall–Kier alpha value is -1.13. The Morgan fingerprint density at radius 2 is 1.81 bits per heavy atom. The number of hydrogen-bond acceptors (Lipinski definition) is 6. The summed E-state index contributed by atoms with van der Waals surface area (Å²) in [5, 5.41) is 28.0. The van der Waals surface area contributed by atoms with Gasteiger partial charge >= 0.3 is 5.97 Å². The van der Waals surface area contributed by atoms with E-state index in [1.807, 2.05) is 4.72 Å². The molecule has 0 saturated carbocycles. The van der Waals surface area contributed by atoms with Gasteiger partial charge in [0.05, 0.1) is 11.0 Å². The van der Waals surface area contributed by atoms with E-state index in [2.05, 4.69) is 12.6 Å². The number of benzene rings is 1. The zero-order valence-electron chi connectivity index (χ0n) is 11.0. The van der Waals surface area contributed by atoms with Crippen LogP contribution in [0.5, 0.6) is 0 Å². The standard InChI is InChI=1S/C12H17NO6S2/c14-10(5-6-20)12(17)8-1-3-9(4-2-8)21(18,19)13-7-11(15)16/h1-4,10,12-14,17,20H,5-7H2,(H,15,16). The molecule has 2 unspecified atom stereocenters. The molecule has 1 aromatic rings. The van der Waals surface area contributed by atoms with Crippen LogP contribution in [0, 0.1) is 0 Å². The van der Waals surface area contributed by atoms with Gasteiger partial charge in [0.15, 0.2) is 0 Å². The lowest BCUT2D eigenvalue weighted by atomic mass is 10.0. The zero-order valence-corrected chi connectivity index (χ0v) is 12.7. The fourth-order valence-corrected chi connectivity index (χ4v) is 2.84. The third-order valence-electron chi connectivity index (χ3n) is 2.73. The van der Waals surface area contributed by atoms with Crippen molar-refractivity contribution >= 4 is 28.6 Å². The van der Waals surface area contributed by atoms with Gasteiger partial charge in [-0.25, -0.2) is 8.42 Å². The van der Waals surface area contributed by atoms with Crippen molar-refractivity contribution in [3.05, 3.63) is 29.8 Å². The highest BCUT2D eigenvalue weighted by molar-refractivity contribution is 7.89. The van der Waals surface area contributed by atoms with Crippen LogP contribution in [0.3, 0.4) is 0 Å². The molecule has 0 saturated heterocycles. The Bertz CT molecular complexity index is 572. The number of aliphatic carboxylic acids is 1. The van der Waals surface area contributed by atoms with Crippen LogP contribution < -0.4 is 4.72 Å². The minimum Gasteiger partial charge on any atom is -0.480 e. The maximum absolute atomic E-state index is 11.8. The number of carboxylic acid groups (broad SMARTS) is 1. The van der Waals surface area contributed by atoms with Gasteiger partial charge in [-0.2, -0.15) is 17.4 Å². The molecule has 0 bridgehead atoms. The van der Waals surface area contributed by atoms with Crippen molar-refractivity contribution in [3.63, 3.8) is 0 Å². The quantitative estimate of drug-likeness (QED) is 0.418. The van der Waals surface area contributed by atoms with Crippen LogP contribution in [0.4, 0.5) is 0 Å². The second kappa shape index (κ2) is 7.76. The molecule has 0 aliphatic rings. The Balaban J connectivity index is 2.84. The third kappa shape index (κ3) is 5.29. The number of rotatable bonds is 8. The van der Waals surface area contributed by atoms with Crippen molar-refractivity contribution < 1.29 is 28.5 Å². The predicted octanol–water partition coefficient (Wildman–Crippen LogP) is -0.236. The van der Waals surface area contributed by atoms with Gasteiger partial charge in [-0.05, 0) is 29.9 Å². The first-order chi connectivity index (χ1) is 9.77. The molecule has 0 aliphatic carbocycles. The summed E-state index contributed by atoms with van der Waals surface area (Å²) >= 11 is 3.95. The summed E-state index contributed by atoms with van der Waals surface area (Å²) in [6, 6.07) is 5.19. The first kappa shape index (κ1) is 17.9. The maximum atomic E-state index is 11.8. The molecule has 0 fully saturated rings. The number of thiol groups is 1. The van der Waals surface area contributed by atoms with Crippen molar-refractivity contribution in [2.24, 2.45) is 0 Å². The Morgan fingerprint density at radius 3 is 2.29 bits per heavy atom. The predicted molar refractivity (Wildman–Crippen MR) is 78.7 cm³/mol. The molecule has 0 aliphatic heterocycles. The number of aliphatic hydroxyl groups excluding tert-OH is 2. The van der Waals surface area contributed by atoms with Crippen molar-refractivity contribution in [2.75, 3.05) is 12.3 Å². The van der Waals surface area contributed by atoms with Gasteiger partial charge in [0.1, 0.15) is 12.6 Å².